The molecule has 2 N–H and O–H groups in total. The van der Waals surface area contributed by atoms with Crippen LogP contribution in [0.2, 0.25) is 0 Å². The van der Waals surface area contributed by atoms with Crippen LogP contribution in [0.5, 0.6) is 11.5 Å². The highest BCUT2D eigenvalue weighted by molar-refractivity contribution is 6.02. The Morgan fingerprint density at radius 3 is 2.55 bits per heavy atom. The van der Waals surface area contributed by atoms with E-state index in [1.807, 2.05) is 50.5 Å². The quantitative estimate of drug-likeness (QED) is 0.222. The molecular weight excluding hydrogens is 561 g/mol. The van der Waals surface area contributed by atoms with E-state index in [9.17, 15) is 9.59 Å². The fourth-order valence-corrected chi connectivity index (χ4v) is 6.30. The van der Waals surface area contributed by atoms with E-state index in [4.69, 9.17) is 9.47 Å². The normalized spacial score (nSPS) is 15.0. The third-order valence-corrected chi connectivity index (χ3v) is 8.27. The summed E-state index contributed by atoms with van der Waals surface area (Å²) in [4.78, 5) is 31.7. The number of hydrogen-bond acceptors (Lipinski definition) is 7. The van der Waals surface area contributed by atoms with Crippen molar-refractivity contribution in [3.8, 4) is 17.2 Å². The summed E-state index contributed by atoms with van der Waals surface area (Å²) >= 11 is 0. The molecule has 10 heteroatoms. The number of fused-ring (bicyclic) bond motifs is 3. The summed E-state index contributed by atoms with van der Waals surface area (Å²) in [6.07, 6.45) is 2.37. The molecule has 0 atom stereocenters. The van der Waals surface area contributed by atoms with E-state index < -0.39 is 17.2 Å². The van der Waals surface area contributed by atoms with Gasteiger partial charge in [0.25, 0.3) is 5.91 Å². The molecule has 0 unspecified atom stereocenters. The highest BCUT2D eigenvalue weighted by Crippen LogP contribution is 2.46. The number of anilines is 1. The van der Waals surface area contributed by atoms with E-state index in [0.29, 0.717) is 30.0 Å². The maximum atomic E-state index is 15.8. The summed E-state index contributed by atoms with van der Waals surface area (Å²) in [7, 11) is 3.96. The lowest BCUT2D eigenvalue weighted by Gasteiger charge is -2.29. The van der Waals surface area contributed by atoms with Crippen molar-refractivity contribution >= 4 is 33.3 Å². The van der Waals surface area contributed by atoms with Crippen LogP contribution in [0.3, 0.4) is 0 Å². The Bertz CT molecular complexity index is 1780. The van der Waals surface area contributed by atoms with Crippen LogP contribution in [-0.2, 0) is 4.74 Å². The Hall–Kier alpha value is -3.99. The van der Waals surface area contributed by atoms with E-state index in [1.165, 1.54) is 6.07 Å². The van der Waals surface area contributed by atoms with Gasteiger partial charge in [0.15, 0.2) is 17.3 Å². The third kappa shape index (κ3) is 6.02. The Kier molecular flexibility index (Phi) is 8.32. The summed E-state index contributed by atoms with van der Waals surface area (Å²) in [5.41, 5.74) is 0.504. The van der Waals surface area contributed by atoms with Crippen LogP contribution in [0, 0.1) is 11.2 Å². The number of aromatic nitrogens is 1. The van der Waals surface area contributed by atoms with Crippen molar-refractivity contribution in [2.24, 2.45) is 5.41 Å². The fraction of sp³-hybridized carbons (Fsp3) is 0.412. The number of carbonyl (C=O) groups excluding carboxylic acids is 1. The number of nitrogens with one attached hydrogen (secondary N) is 2. The van der Waals surface area contributed by atoms with Gasteiger partial charge in [-0.3, -0.25) is 14.5 Å². The molecule has 0 saturated carbocycles. The molecule has 44 heavy (non-hydrogen) atoms. The summed E-state index contributed by atoms with van der Waals surface area (Å²) in [5, 5.41) is 8.23. The average molecular weight is 602 g/mol. The minimum Gasteiger partial charge on any atom is -0.451 e. The Labute approximate surface area is 256 Å². The number of hydrogen-bond donors (Lipinski definition) is 2. The van der Waals surface area contributed by atoms with Crippen molar-refractivity contribution in [3.05, 3.63) is 70.3 Å². The largest absolute Gasteiger partial charge is 0.451 e. The Balaban J connectivity index is 1.40. The molecular formula is C34H40FN5O4. The van der Waals surface area contributed by atoms with Gasteiger partial charge in [0.2, 0.25) is 5.43 Å². The molecule has 232 valence electrons. The highest BCUT2D eigenvalue weighted by atomic mass is 19.1. The van der Waals surface area contributed by atoms with Gasteiger partial charge in [-0.15, -0.1) is 0 Å². The van der Waals surface area contributed by atoms with Crippen LogP contribution in [0.25, 0.3) is 27.4 Å². The molecule has 3 aromatic carbocycles. The molecule has 9 nitrogen and oxygen atoms in total. The van der Waals surface area contributed by atoms with Gasteiger partial charge in [-0.05, 0) is 61.4 Å². The first-order valence-electron chi connectivity index (χ1n) is 15.2. The number of nitrogens with zero attached hydrogens (tertiary/aromatic N) is 3. The van der Waals surface area contributed by atoms with Crippen molar-refractivity contribution in [3.63, 3.8) is 0 Å². The fourth-order valence-electron chi connectivity index (χ4n) is 6.30. The van der Waals surface area contributed by atoms with Gasteiger partial charge in [-0.1, -0.05) is 38.1 Å². The van der Waals surface area contributed by atoms with Crippen LogP contribution >= 0.6 is 0 Å². The van der Waals surface area contributed by atoms with Crippen molar-refractivity contribution in [2.45, 2.75) is 20.3 Å². The SMILES string of the molecule is CN(C)CC(C)(C)CNC(=O)c1cn2c3c(c(NCCCN4CCOCC4)c(F)cc3c1=O)Oc1cc3ccccc3cc1-2. The summed E-state index contributed by atoms with van der Waals surface area (Å²) < 4.78 is 29.5. The number of halogens is 1. The first kappa shape index (κ1) is 30.1. The zero-order valence-electron chi connectivity index (χ0n) is 25.8. The van der Waals surface area contributed by atoms with Crippen molar-refractivity contribution < 1.29 is 18.7 Å². The topological polar surface area (TPSA) is 88.1 Å². The molecule has 1 aromatic heterocycles. The number of benzene rings is 3. The van der Waals surface area contributed by atoms with Gasteiger partial charge in [-0.2, -0.15) is 0 Å². The van der Waals surface area contributed by atoms with Gasteiger partial charge in [0.05, 0.1) is 24.3 Å². The number of morpholine rings is 1. The molecule has 3 heterocycles. The van der Waals surface area contributed by atoms with Gasteiger partial charge in [-0.25, -0.2) is 4.39 Å². The first-order valence-corrected chi connectivity index (χ1v) is 15.2. The monoisotopic (exact) mass is 601 g/mol. The third-order valence-electron chi connectivity index (χ3n) is 8.27. The van der Waals surface area contributed by atoms with Crippen molar-refractivity contribution in [2.75, 3.05) is 71.9 Å². The van der Waals surface area contributed by atoms with E-state index in [0.717, 1.165) is 56.6 Å². The molecule has 0 aliphatic carbocycles. The number of carbonyl (C=O) groups is 1. The lowest BCUT2D eigenvalue weighted by atomic mass is 9.93. The van der Waals surface area contributed by atoms with Crippen molar-refractivity contribution in [1.29, 1.82) is 0 Å². The zero-order valence-corrected chi connectivity index (χ0v) is 25.8. The van der Waals surface area contributed by atoms with Crippen LogP contribution in [0.15, 0.2) is 53.5 Å². The number of pyridine rings is 1. The Morgan fingerprint density at radius 2 is 1.82 bits per heavy atom. The van der Waals surface area contributed by atoms with Crippen molar-refractivity contribution in [1.82, 2.24) is 19.7 Å². The lowest BCUT2D eigenvalue weighted by molar-refractivity contribution is 0.0378. The van der Waals surface area contributed by atoms with Crippen LogP contribution in [-0.4, -0.2) is 86.9 Å². The molecule has 0 radical (unpaired) electrons. The molecule has 4 aromatic rings. The van der Waals surface area contributed by atoms with Gasteiger partial charge < -0.3 is 29.6 Å². The minimum absolute atomic E-state index is 0.0456. The minimum atomic E-state index is -0.601. The second-order valence-electron chi connectivity index (χ2n) is 12.8. The zero-order chi connectivity index (χ0) is 31.0. The lowest BCUT2D eigenvalue weighted by Crippen LogP contribution is -2.41. The second kappa shape index (κ2) is 12.2. The summed E-state index contributed by atoms with van der Waals surface area (Å²) in [6, 6.07) is 13.0. The molecule has 0 spiro atoms. The van der Waals surface area contributed by atoms with Gasteiger partial charge in [0.1, 0.15) is 16.8 Å². The highest BCUT2D eigenvalue weighted by Gasteiger charge is 2.29. The van der Waals surface area contributed by atoms with Gasteiger partial charge >= 0.3 is 0 Å². The van der Waals surface area contributed by atoms with E-state index in [2.05, 4.69) is 34.3 Å². The summed E-state index contributed by atoms with van der Waals surface area (Å²) in [6.45, 7) is 9.86. The van der Waals surface area contributed by atoms with Crippen LogP contribution in [0.1, 0.15) is 30.6 Å². The Morgan fingerprint density at radius 1 is 1.09 bits per heavy atom. The maximum absolute atomic E-state index is 15.8. The van der Waals surface area contributed by atoms with Crippen LogP contribution in [0.4, 0.5) is 10.1 Å². The molecule has 2 aliphatic rings. The van der Waals surface area contributed by atoms with E-state index in [1.54, 1.807) is 10.8 Å². The molecule has 2 aliphatic heterocycles. The van der Waals surface area contributed by atoms with E-state index in [-0.39, 0.29) is 27.8 Å². The predicted molar refractivity (Wildman–Crippen MR) is 172 cm³/mol. The standard InChI is InChI=1S/C34H40FN5O4/c1-34(2,21-38(3)4)20-37-33(42)25-19-40-27-16-22-8-5-6-9-23(22)17-28(27)44-32-29(26(35)18-24(30(32)40)31(25)41)36-10-7-11-39-12-14-43-15-13-39/h5-6,8-9,16-19,36H,7,10-15,20-21H2,1-4H3,(H,37,42). The molecule has 1 saturated heterocycles. The second-order valence-corrected chi connectivity index (χ2v) is 12.8. The summed E-state index contributed by atoms with van der Waals surface area (Å²) in [5.74, 6) is -0.336. The predicted octanol–water partition coefficient (Wildman–Crippen LogP) is 4.84. The first-order chi connectivity index (χ1) is 21.1. The molecule has 1 amide bonds. The number of ether oxygens (including phenoxy) is 2. The maximum Gasteiger partial charge on any atom is 0.256 e. The molecule has 0 bridgehead atoms. The van der Waals surface area contributed by atoms with Crippen LogP contribution < -0.4 is 20.8 Å². The molecule has 6 rings (SSSR count). The van der Waals surface area contributed by atoms with Gasteiger partial charge in [0, 0.05) is 38.9 Å². The molecule has 1 fully saturated rings. The van der Waals surface area contributed by atoms with E-state index >= 15 is 4.39 Å². The number of rotatable bonds is 10. The number of amides is 1. The smallest absolute Gasteiger partial charge is 0.256 e. The average Bonchev–Trinajstić information content (AvgIpc) is 2.99.